The summed E-state index contributed by atoms with van der Waals surface area (Å²) < 4.78 is 66.2. The molecule has 0 spiro atoms. The van der Waals surface area contributed by atoms with Crippen molar-refractivity contribution in [3.8, 4) is 0 Å². The van der Waals surface area contributed by atoms with Crippen LogP contribution in [0.25, 0.3) is 21.9 Å². The number of imidazole rings is 1. The van der Waals surface area contributed by atoms with Gasteiger partial charge in [-0.05, 0) is 92.1 Å². The van der Waals surface area contributed by atoms with Gasteiger partial charge in [0.25, 0.3) is 0 Å². The van der Waals surface area contributed by atoms with Crippen LogP contribution in [0.3, 0.4) is 0 Å². The van der Waals surface area contributed by atoms with Crippen LogP contribution in [0.5, 0.6) is 0 Å². The Labute approximate surface area is 267 Å². The Morgan fingerprint density at radius 2 is 1.39 bits per heavy atom. The monoisotopic (exact) mass is 638 g/mol. The molecule has 0 radical (unpaired) electrons. The number of benzene rings is 3. The Morgan fingerprint density at radius 1 is 0.739 bits per heavy atom. The van der Waals surface area contributed by atoms with E-state index in [1.54, 1.807) is 18.2 Å². The number of nitrogens with two attached hydrogens (primary N) is 1. The molecule has 0 aliphatic rings. The van der Waals surface area contributed by atoms with Crippen LogP contribution in [0.15, 0.2) is 66.7 Å². The molecule has 0 bridgehead atoms. The number of nitrogens with zero attached hydrogens (tertiary/aromatic N) is 1. The maximum Gasteiger partial charge on any atom is 0.389 e. The smallest absolute Gasteiger partial charge is 0.358 e. The molecule has 4 nitrogen and oxygen atoms in total. The first kappa shape index (κ1) is 33.6. The number of aromatic amines is 2. The molecule has 2 unspecified atom stereocenters. The largest absolute Gasteiger partial charge is 0.389 e. The van der Waals surface area contributed by atoms with E-state index in [1.807, 2.05) is 31.2 Å². The summed E-state index contributed by atoms with van der Waals surface area (Å²) >= 11 is 0. The lowest BCUT2D eigenvalue weighted by molar-refractivity contribution is -0.135. The highest BCUT2D eigenvalue weighted by Crippen LogP contribution is 2.43. The molecule has 5 aromatic rings. The highest BCUT2D eigenvalue weighted by atomic mass is 19.4. The highest BCUT2D eigenvalue weighted by Gasteiger charge is 2.41. The van der Waals surface area contributed by atoms with Crippen LogP contribution in [-0.2, 0) is 11.8 Å². The van der Waals surface area contributed by atoms with Gasteiger partial charge in [-0.2, -0.15) is 13.2 Å². The molecule has 0 saturated heterocycles. The first-order chi connectivity index (χ1) is 21.8. The van der Waals surface area contributed by atoms with Crippen molar-refractivity contribution in [2.45, 2.75) is 102 Å². The maximum absolute atomic E-state index is 14.8. The van der Waals surface area contributed by atoms with Gasteiger partial charge in [0.1, 0.15) is 17.5 Å². The van der Waals surface area contributed by atoms with Crippen LogP contribution in [0.4, 0.5) is 22.0 Å². The summed E-state index contributed by atoms with van der Waals surface area (Å²) in [5.74, 6) is -0.0177. The molecule has 2 heterocycles. The third-order valence-corrected chi connectivity index (χ3v) is 9.27. The molecule has 5 rings (SSSR count). The van der Waals surface area contributed by atoms with E-state index in [1.165, 1.54) is 18.2 Å². The summed E-state index contributed by atoms with van der Waals surface area (Å²) in [6.45, 7) is 4.09. The fourth-order valence-electron chi connectivity index (χ4n) is 6.98. The minimum absolute atomic E-state index is 0.169. The van der Waals surface area contributed by atoms with Crippen molar-refractivity contribution >= 4 is 21.9 Å². The lowest BCUT2D eigenvalue weighted by Gasteiger charge is -2.40. The van der Waals surface area contributed by atoms with Gasteiger partial charge in [0.05, 0.1) is 11.0 Å². The molecule has 0 aliphatic carbocycles. The van der Waals surface area contributed by atoms with E-state index in [0.717, 1.165) is 59.8 Å². The number of fused-ring (bicyclic) bond motifs is 2. The van der Waals surface area contributed by atoms with Crippen molar-refractivity contribution in [2.75, 3.05) is 0 Å². The second-order valence-corrected chi connectivity index (χ2v) is 13.2. The fourth-order valence-corrected chi connectivity index (χ4v) is 6.98. The number of para-hydroxylation sites is 1. The summed E-state index contributed by atoms with van der Waals surface area (Å²) in [6, 6.07) is 19.4. The molecule has 46 heavy (non-hydrogen) atoms. The number of halogens is 5. The number of nitrogens with one attached hydrogen (secondary N) is 2. The average molecular weight is 639 g/mol. The van der Waals surface area contributed by atoms with Gasteiger partial charge in [-0.1, -0.05) is 62.8 Å². The number of unbranched alkanes of at least 4 members (excludes halogenated alkanes) is 6. The van der Waals surface area contributed by atoms with Gasteiger partial charge in [0.2, 0.25) is 0 Å². The number of rotatable bonds is 15. The van der Waals surface area contributed by atoms with Crippen molar-refractivity contribution < 1.29 is 22.0 Å². The number of aryl methyl sites for hydroxylation is 1. The second kappa shape index (κ2) is 14.0. The van der Waals surface area contributed by atoms with E-state index < -0.39 is 23.6 Å². The standard InChI is InChI=1S/C37H43F5N4/c1-25-14-15-27(38)21-29(25)35(2,33-20-26-12-8-9-13-30(26)44-33)24-36(43,18-10-6-4-3-5-7-11-19-37(40,41)42)23-34-45-31-17-16-28(39)22-32(31)46-34/h8-9,12-17,20-22,44H,3-7,10-11,18-19,23-24,43H2,1-2H3,(H,45,46). The van der Waals surface area contributed by atoms with Crippen LogP contribution in [-0.4, -0.2) is 26.7 Å². The molecule has 2 atom stereocenters. The first-order valence-electron chi connectivity index (χ1n) is 16.2. The zero-order valence-electron chi connectivity index (χ0n) is 26.5. The van der Waals surface area contributed by atoms with Crippen molar-refractivity contribution in [3.63, 3.8) is 0 Å². The Kier molecular flexibility index (Phi) is 10.2. The quantitative estimate of drug-likeness (QED) is 0.0789. The second-order valence-electron chi connectivity index (χ2n) is 13.2. The molecular weight excluding hydrogens is 595 g/mol. The molecule has 246 valence electrons. The Balaban J connectivity index is 1.41. The minimum atomic E-state index is -4.09. The molecule has 2 aromatic heterocycles. The minimum Gasteiger partial charge on any atom is -0.358 e. The van der Waals surface area contributed by atoms with Gasteiger partial charge in [-0.15, -0.1) is 0 Å². The van der Waals surface area contributed by atoms with Crippen LogP contribution >= 0.6 is 0 Å². The zero-order chi connectivity index (χ0) is 33.0. The summed E-state index contributed by atoms with van der Waals surface area (Å²) in [5.41, 5.74) is 10.9. The fraction of sp³-hybridized carbons (Fsp3) is 0.432. The molecule has 4 N–H and O–H groups in total. The Morgan fingerprint density at radius 3 is 2.11 bits per heavy atom. The van der Waals surface area contributed by atoms with Crippen LogP contribution in [0, 0.1) is 18.6 Å². The molecule has 0 saturated carbocycles. The highest BCUT2D eigenvalue weighted by molar-refractivity contribution is 5.81. The lowest BCUT2D eigenvalue weighted by atomic mass is 9.67. The predicted molar refractivity (Wildman–Crippen MR) is 175 cm³/mol. The zero-order valence-corrected chi connectivity index (χ0v) is 26.5. The summed E-state index contributed by atoms with van der Waals surface area (Å²) in [7, 11) is 0. The van der Waals surface area contributed by atoms with E-state index in [-0.39, 0.29) is 18.1 Å². The molecule has 0 aliphatic heterocycles. The third-order valence-electron chi connectivity index (χ3n) is 9.27. The van der Waals surface area contributed by atoms with Crippen molar-refractivity contribution in [3.05, 3.63) is 101 Å². The average Bonchev–Trinajstić information content (AvgIpc) is 3.60. The van der Waals surface area contributed by atoms with Gasteiger partial charge >= 0.3 is 6.18 Å². The number of hydrogen-bond acceptors (Lipinski definition) is 2. The van der Waals surface area contributed by atoms with E-state index >= 15 is 0 Å². The lowest BCUT2D eigenvalue weighted by Crippen LogP contribution is -2.48. The van der Waals surface area contributed by atoms with Gasteiger partial charge < -0.3 is 15.7 Å². The van der Waals surface area contributed by atoms with Gasteiger partial charge in [0.15, 0.2) is 0 Å². The normalized spacial score (nSPS) is 15.0. The SMILES string of the molecule is Cc1ccc(F)cc1C(C)(CC(N)(CCCCCCCCCC(F)(F)F)Cc1nc2ccc(F)cc2[nH]1)c1cc2ccccc2[nH]1. The molecular formula is C37H43F5N4. The van der Waals surface area contributed by atoms with Crippen LogP contribution in [0.1, 0.15) is 93.8 Å². The summed E-state index contributed by atoms with van der Waals surface area (Å²) in [5, 5.41) is 1.05. The topological polar surface area (TPSA) is 70.5 Å². The number of alkyl halides is 3. The van der Waals surface area contributed by atoms with E-state index in [4.69, 9.17) is 10.7 Å². The van der Waals surface area contributed by atoms with Crippen LogP contribution < -0.4 is 5.73 Å². The van der Waals surface area contributed by atoms with E-state index in [2.05, 4.69) is 23.0 Å². The number of aromatic nitrogens is 3. The van der Waals surface area contributed by atoms with Crippen molar-refractivity contribution in [1.29, 1.82) is 0 Å². The third kappa shape index (κ3) is 8.35. The Bertz CT molecular complexity index is 1720. The van der Waals surface area contributed by atoms with Crippen LogP contribution in [0.2, 0.25) is 0 Å². The summed E-state index contributed by atoms with van der Waals surface area (Å²) in [4.78, 5) is 11.6. The van der Waals surface area contributed by atoms with Crippen molar-refractivity contribution in [1.82, 2.24) is 15.0 Å². The maximum atomic E-state index is 14.8. The summed E-state index contributed by atoms with van der Waals surface area (Å²) in [6.07, 6.45) is 1.71. The van der Waals surface area contributed by atoms with Gasteiger partial charge in [-0.3, -0.25) is 0 Å². The Hall–Kier alpha value is -3.72. The molecule has 3 aromatic carbocycles. The van der Waals surface area contributed by atoms with E-state index in [0.29, 0.717) is 42.5 Å². The molecule has 0 amide bonds. The predicted octanol–water partition coefficient (Wildman–Crippen LogP) is 10.3. The first-order valence-corrected chi connectivity index (χ1v) is 16.2. The molecule has 9 heteroatoms. The molecule has 0 fully saturated rings. The van der Waals surface area contributed by atoms with Gasteiger partial charge in [-0.25, -0.2) is 13.8 Å². The van der Waals surface area contributed by atoms with Gasteiger partial charge in [0, 0.05) is 35.0 Å². The van der Waals surface area contributed by atoms with Crippen molar-refractivity contribution in [2.24, 2.45) is 5.73 Å². The number of hydrogen-bond donors (Lipinski definition) is 3. The number of H-pyrrole nitrogens is 2. The van der Waals surface area contributed by atoms with E-state index in [9.17, 15) is 22.0 Å².